The standard InChI is InChI=1S/C22H18Cl2N4O3S/c1-12-8-20(26-21(29)15-6-5-14(23)10-16(15)24)28(27-12)22-25-17(11-32-22)13-4-7-18(30-2)19(9-13)31-3/h4-11H,1-3H3,(H,26,29). The molecule has 2 aromatic heterocycles. The Balaban J connectivity index is 1.64. The van der Waals surface area contributed by atoms with Gasteiger partial charge in [0.2, 0.25) is 5.13 Å². The average molecular weight is 489 g/mol. The summed E-state index contributed by atoms with van der Waals surface area (Å²) in [5.41, 5.74) is 2.65. The van der Waals surface area contributed by atoms with Crippen LogP contribution in [-0.2, 0) is 0 Å². The fourth-order valence-electron chi connectivity index (χ4n) is 3.08. The van der Waals surface area contributed by atoms with Gasteiger partial charge in [0.05, 0.1) is 36.2 Å². The van der Waals surface area contributed by atoms with E-state index in [0.29, 0.717) is 33.0 Å². The Kier molecular flexibility index (Phi) is 6.36. The number of anilines is 1. The molecule has 1 amide bonds. The second kappa shape index (κ2) is 9.20. The van der Waals surface area contributed by atoms with Gasteiger partial charge in [-0.05, 0) is 43.3 Å². The molecule has 1 N–H and O–H groups in total. The van der Waals surface area contributed by atoms with Crippen LogP contribution >= 0.6 is 34.5 Å². The SMILES string of the molecule is COc1ccc(-c2csc(-n3nc(C)cc3NC(=O)c3ccc(Cl)cc3Cl)n2)cc1OC. The first-order valence-electron chi connectivity index (χ1n) is 9.41. The van der Waals surface area contributed by atoms with Gasteiger partial charge in [-0.15, -0.1) is 11.3 Å². The molecule has 4 aromatic rings. The summed E-state index contributed by atoms with van der Waals surface area (Å²) in [5, 5.41) is 10.6. The van der Waals surface area contributed by atoms with Gasteiger partial charge < -0.3 is 14.8 Å². The van der Waals surface area contributed by atoms with Crippen LogP contribution in [0.25, 0.3) is 16.4 Å². The molecule has 0 spiro atoms. The zero-order chi connectivity index (χ0) is 22.8. The lowest BCUT2D eigenvalue weighted by molar-refractivity contribution is 0.102. The summed E-state index contributed by atoms with van der Waals surface area (Å²) in [6.07, 6.45) is 0. The molecule has 0 aliphatic carbocycles. The maximum atomic E-state index is 12.8. The number of thiazole rings is 1. The van der Waals surface area contributed by atoms with Crippen molar-refractivity contribution >= 4 is 46.3 Å². The number of nitrogens with zero attached hydrogens (tertiary/aromatic N) is 3. The van der Waals surface area contributed by atoms with Crippen LogP contribution in [0.2, 0.25) is 10.0 Å². The number of amides is 1. The van der Waals surface area contributed by atoms with Gasteiger partial charge in [0, 0.05) is 22.0 Å². The number of methoxy groups -OCH3 is 2. The topological polar surface area (TPSA) is 78.3 Å². The number of aryl methyl sites for hydroxylation is 1. The molecule has 32 heavy (non-hydrogen) atoms. The molecule has 0 saturated heterocycles. The fraction of sp³-hybridized carbons (Fsp3) is 0.136. The molecule has 0 aliphatic heterocycles. The highest BCUT2D eigenvalue weighted by atomic mass is 35.5. The van der Waals surface area contributed by atoms with Gasteiger partial charge in [-0.3, -0.25) is 4.79 Å². The van der Waals surface area contributed by atoms with E-state index in [9.17, 15) is 4.79 Å². The van der Waals surface area contributed by atoms with Gasteiger partial charge in [-0.2, -0.15) is 9.78 Å². The lowest BCUT2D eigenvalue weighted by atomic mass is 10.1. The van der Waals surface area contributed by atoms with Gasteiger partial charge in [0.25, 0.3) is 5.91 Å². The van der Waals surface area contributed by atoms with Crippen molar-refractivity contribution in [2.75, 3.05) is 19.5 Å². The van der Waals surface area contributed by atoms with Gasteiger partial charge in [-0.1, -0.05) is 23.2 Å². The van der Waals surface area contributed by atoms with E-state index in [0.717, 1.165) is 17.0 Å². The Labute approximate surface area is 198 Å². The van der Waals surface area contributed by atoms with Crippen molar-refractivity contribution in [2.24, 2.45) is 0 Å². The summed E-state index contributed by atoms with van der Waals surface area (Å²) in [4.78, 5) is 17.5. The second-order valence-electron chi connectivity index (χ2n) is 6.75. The normalized spacial score (nSPS) is 10.8. The number of carbonyl (C=O) groups excluding carboxylic acids is 1. The molecule has 2 heterocycles. The quantitative estimate of drug-likeness (QED) is 0.366. The number of hydrogen-bond acceptors (Lipinski definition) is 6. The number of rotatable bonds is 6. The summed E-state index contributed by atoms with van der Waals surface area (Å²) in [6, 6.07) is 12.1. The van der Waals surface area contributed by atoms with Crippen molar-refractivity contribution in [1.29, 1.82) is 0 Å². The van der Waals surface area contributed by atoms with E-state index in [4.69, 9.17) is 37.7 Å². The Bertz CT molecular complexity index is 1300. The molecule has 2 aromatic carbocycles. The summed E-state index contributed by atoms with van der Waals surface area (Å²) in [6.45, 7) is 1.84. The van der Waals surface area contributed by atoms with E-state index in [1.54, 1.807) is 37.1 Å². The van der Waals surface area contributed by atoms with E-state index >= 15 is 0 Å². The first-order valence-corrected chi connectivity index (χ1v) is 11.0. The molecule has 0 saturated carbocycles. The van der Waals surface area contributed by atoms with E-state index in [1.165, 1.54) is 17.4 Å². The van der Waals surface area contributed by atoms with Gasteiger partial charge in [0.1, 0.15) is 5.82 Å². The molecule has 0 unspecified atom stereocenters. The molecule has 0 fully saturated rings. The predicted octanol–water partition coefficient (Wildman–Crippen LogP) is 5.88. The highest BCUT2D eigenvalue weighted by molar-refractivity contribution is 7.12. The van der Waals surface area contributed by atoms with E-state index in [-0.39, 0.29) is 10.9 Å². The monoisotopic (exact) mass is 488 g/mol. The van der Waals surface area contributed by atoms with Crippen molar-refractivity contribution in [3.63, 3.8) is 0 Å². The molecule has 7 nitrogen and oxygen atoms in total. The molecular weight excluding hydrogens is 471 g/mol. The molecule has 0 atom stereocenters. The first kappa shape index (κ1) is 22.1. The number of ether oxygens (including phenoxy) is 2. The molecule has 0 aliphatic rings. The van der Waals surface area contributed by atoms with Crippen molar-refractivity contribution in [2.45, 2.75) is 6.92 Å². The lowest BCUT2D eigenvalue weighted by Crippen LogP contribution is -2.15. The third-order valence-electron chi connectivity index (χ3n) is 4.60. The minimum atomic E-state index is -0.371. The largest absolute Gasteiger partial charge is 0.493 e. The van der Waals surface area contributed by atoms with E-state index in [2.05, 4.69) is 10.4 Å². The Morgan fingerprint density at radius 2 is 1.84 bits per heavy atom. The molecule has 0 radical (unpaired) electrons. The highest BCUT2D eigenvalue weighted by Gasteiger charge is 2.17. The van der Waals surface area contributed by atoms with Gasteiger partial charge in [0.15, 0.2) is 11.5 Å². The van der Waals surface area contributed by atoms with Crippen LogP contribution in [0.3, 0.4) is 0 Å². The molecule has 10 heteroatoms. The Hall–Kier alpha value is -3.07. The minimum Gasteiger partial charge on any atom is -0.493 e. The third kappa shape index (κ3) is 4.43. The summed E-state index contributed by atoms with van der Waals surface area (Å²) in [7, 11) is 3.17. The van der Waals surface area contributed by atoms with Crippen LogP contribution in [0.5, 0.6) is 11.5 Å². The smallest absolute Gasteiger partial charge is 0.258 e. The molecule has 4 rings (SSSR count). The zero-order valence-corrected chi connectivity index (χ0v) is 19.7. The van der Waals surface area contributed by atoms with Crippen molar-refractivity contribution in [3.8, 4) is 27.9 Å². The fourth-order valence-corrected chi connectivity index (χ4v) is 4.37. The van der Waals surface area contributed by atoms with Crippen LogP contribution in [-0.4, -0.2) is 34.9 Å². The zero-order valence-electron chi connectivity index (χ0n) is 17.3. The predicted molar refractivity (Wildman–Crippen MR) is 127 cm³/mol. The number of aromatic nitrogens is 3. The number of benzene rings is 2. The van der Waals surface area contributed by atoms with Crippen LogP contribution < -0.4 is 14.8 Å². The summed E-state index contributed by atoms with van der Waals surface area (Å²) >= 11 is 13.5. The molecule has 0 bridgehead atoms. The number of halogens is 2. The molecular formula is C22H18Cl2N4O3S. The van der Waals surface area contributed by atoms with Crippen molar-refractivity contribution in [1.82, 2.24) is 14.8 Å². The van der Waals surface area contributed by atoms with Crippen LogP contribution in [0.15, 0.2) is 47.8 Å². The van der Waals surface area contributed by atoms with Gasteiger partial charge >= 0.3 is 0 Å². The first-order chi connectivity index (χ1) is 15.4. The average Bonchev–Trinajstić information content (AvgIpc) is 3.39. The minimum absolute atomic E-state index is 0.266. The highest BCUT2D eigenvalue weighted by Crippen LogP contribution is 2.33. The summed E-state index contributed by atoms with van der Waals surface area (Å²) in [5.74, 6) is 1.36. The Morgan fingerprint density at radius 1 is 1.06 bits per heavy atom. The van der Waals surface area contributed by atoms with E-state index < -0.39 is 0 Å². The number of nitrogens with one attached hydrogen (secondary N) is 1. The summed E-state index contributed by atoms with van der Waals surface area (Å²) < 4.78 is 12.3. The van der Waals surface area contributed by atoms with Crippen molar-refractivity contribution in [3.05, 3.63) is 69.1 Å². The van der Waals surface area contributed by atoms with Crippen LogP contribution in [0, 0.1) is 6.92 Å². The maximum absolute atomic E-state index is 12.8. The number of hydrogen-bond donors (Lipinski definition) is 1. The number of carbonyl (C=O) groups is 1. The maximum Gasteiger partial charge on any atom is 0.258 e. The van der Waals surface area contributed by atoms with Gasteiger partial charge in [-0.25, -0.2) is 4.98 Å². The molecule has 164 valence electrons. The van der Waals surface area contributed by atoms with Crippen LogP contribution in [0.4, 0.5) is 5.82 Å². The van der Waals surface area contributed by atoms with Crippen molar-refractivity contribution < 1.29 is 14.3 Å². The lowest BCUT2D eigenvalue weighted by Gasteiger charge is -2.09. The Morgan fingerprint density at radius 3 is 2.56 bits per heavy atom. The second-order valence-corrected chi connectivity index (χ2v) is 8.43. The third-order valence-corrected chi connectivity index (χ3v) is 5.97. The van der Waals surface area contributed by atoms with Crippen LogP contribution in [0.1, 0.15) is 16.1 Å². The van der Waals surface area contributed by atoms with E-state index in [1.807, 2.05) is 30.5 Å².